The second-order valence-corrected chi connectivity index (χ2v) is 5.19. The highest BCUT2D eigenvalue weighted by atomic mass is 16.4. The summed E-state index contributed by atoms with van der Waals surface area (Å²) < 4.78 is 0. The minimum Gasteiger partial charge on any atom is -0.478 e. The fraction of sp³-hybridized carbons (Fsp3) is 0.450. The van der Waals surface area contributed by atoms with Gasteiger partial charge in [0, 0.05) is 6.08 Å². The first-order chi connectivity index (χ1) is 10.8. The first-order valence-electron chi connectivity index (χ1n) is 8.33. The molecule has 0 bridgehead atoms. The quantitative estimate of drug-likeness (QED) is 0.258. The van der Waals surface area contributed by atoms with E-state index >= 15 is 0 Å². The maximum atomic E-state index is 10.2. The van der Waals surface area contributed by atoms with E-state index in [1.165, 1.54) is 51.0 Å². The molecule has 0 aromatic carbocycles. The zero-order valence-corrected chi connectivity index (χ0v) is 13.8. The monoisotopic (exact) mass is 302 g/mol. The fourth-order valence-corrected chi connectivity index (χ4v) is 1.92. The lowest BCUT2D eigenvalue weighted by atomic mass is 10.1. The normalized spacial score (nSPS) is 12.8. The Hall–Kier alpha value is -1.83. The van der Waals surface area contributed by atoms with Crippen LogP contribution in [0.5, 0.6) is 0 Å². The molecular weight excluding hydrogens is 272 g/mol. The maximum absolute atomic E-state index is 10.2. The van der Waals surface area contributed by atoms with E-state index in [-0.39, 0.29) is 0 Å². The average Bonchev–Trinajstić information content (AvgIpc) is 2.50. The van der Waals surface area contributed by atoms with E-state index in [4.69, 9.17) is 5.11 Å². The Morgan fingerprint density at radius 3 is 1.82 bits per heavy atom. The Labute approximate surface area is 135 Å². The van der Waals surface area contributed by atoms with E-state index < -0.39 is 5.97 Å². The van der Waals surface area contributed by atoms with Crippen molar-refractivity contribution in [2.24, 2.45) is 0 Å². The van der Waals surface area contributed by atoms with Crippen LogP contribution in [-0.2, 0) is 4.79 Å². The van der Waals surface area contributed by atoms with Gasteiger partial charge in [0.15, 0.2) is 0 Å². The third kappa shape index (κ3) is 18.2. The van der Waals surface area contributed by atoms with Crippen LogP contribution in [-0.4, -0.2) is 11.1 Å². The number of rotatable bonds is 13. The first-order valence-corrected chi connectivity index (χ1v) is 8.33. The van der Waals surface area contributed by atoms with Gasteiger partial charge in [0.1, 0.15) is 0 Å². The highest BCUT2D eigenvalue weighted by Crippen LogP contribution is 2.08. The van der Waals surface area contributed by atoms with Crippen LogP contribution < -0.4 is 0 Å². The van der Waals surface area contributed by atoms with Gasteiger partial charge in [-0.25, -0.2) is 4.79 Å². The molecule has 0 fully saturated rings. The van der Waals surface area contributed by atoms with E-state index in [1.807, 2.05) is 24.3 Å². The number of aliphatic carboxylic acids is 1. The van der Waals surface area contributed by atoms with Gasteiger partial charge in [0.2, 0.25) is 0 Å². The molecule has 0 aliphatic heterocycles. The summed E-state index contributed by atoms with van der Waals surface area (Å²) in [6, 6.07) is 0. The van der Waals surface area contributed by atoms with E-state index in [0.29, 0.717) is 0 Å². The largest absolute Gasteiger partial charge is 0.478 e. The number of hydrogen-bond acceptors (Lipinski definition) is 1. The summed E-state index contributed by atoms with van der Waals surface area (Å²) in [5.41, 5.74) is 0. The van der Waals surface area contributed by atoms with Crippen molar-refractivity contribution < 1.29 is 9.90 Å². The van der Waals surface area contributed by atoms with Gasteiger partial charge < -0.3 is 5.11 Å². The topological polar surface area (TPSA) is 37.3 Å². The molecule has 0 heterocycles. The van der Waals surface area contributed by atoms with Gasteiger partial charge in [-0.1, -0.05) is 100 Å². The van der Waals surface area contributed by atoms with E-state index in [0.717, 1.165) is 12.5 Å². The Morgan fingerprint density at radius 2 is 1.23 bits per heavy atom. The van der Waals surface area contributed by atoms with Gasteiger partial charge in [-0.2, -0.15) is 0 Å². The van der Waals surface area contributed by atoms with Crippen LogP contribution in [0.15, 0.2) is 60.8 Å². The lowest BCUT2D eigenvalue weighted by Gasteiger charge is -1.98. The van der Waals surface area contributed by atoms with Crippen LogP contribution in [0, 0.1) is 0 Å². The predicted octanol–water partition coefficient (Wildman–Crippen LogP) is 5.99. The smallest absolute Gasteiger partial charge is 0.328 e. The van der Waals surface area contributed by atoms with Crippen LogP contribution in [0.25, 0.3) is 0 Å². The van der Waals surface area contributed by atoms with Crippen molar-refractivity contribution >= 4 is 5.97 Å². The summed E-state index contributed by atoms with van der Waals surface area (Å²) in [5.74, 6) is -0.931. The van der Waals surface area contributed by atoms with Crippen molar-refractivity contribution in [1.29, 1.82) is 0 Å². The van der Waals surface area contributed by atoms with Crippen LogP contribution in [0.2, 0.25) is 0 Å². The third-order valence-electron chi connectivity index (χ3n) is 3.13. The standard InChI is InChI=1S/C20H30O2/c1-2-3-4-5-6-7-8-9-10-11-12-13-14-15-16-17-18-19-20(21)22/h10-19H,2-9H2,1H3,(H,21,22)/b11-10-,13-12-,15-14-,17-16-,19-18-. The van der Waals surface area contributed by atoms with Crippen molar-refractivity contribution in [3.63, 3.8) is 0 Å². The second-order valence-electron chi connectivity index (χ2n) is 5.19. The molecule has 22 heavy (non-hydrogen) atoms. The number of carboxylic acids is 1. The zero-order valence-electron chi connectivity index (χ0n) is 13.8. The summed E-state index contributed by atoms with van der Waals surface area (Å²) in [5, 5.41) is 8.38. The summed E-state index contributed by atoms with van der Waals surface area (Å²) in [6.45, 7) is 2.25. The maximum Gasteiger partial charge on any atom is 0.328 e. The molecule has 0 saturated heterocycles. The van der Waals surface area contributed by atoms with Crippen molar-refractivity contribution in [1.82, 2.24) is 0 Å². The average molecular weight is 302 g/mol. The van der Waals surface area contributed by atoms with Crippen LogP contribution in [0.1, 0.15) is 58.3 Å². The van der Waals surface area contributed by atoms with Crippen molar-refractivity contribution in [2.75, 3.05) is 0 Å². The highest BCUT2D eigenvalue weighted by molar-refractivity contribution is 5.80. The minimum atomic E-state index is -0.931. The van der Waals surface area contributed by atoms with Gasteiger partial charge >= 0.3 is 5.97 Å². The second kappa shape index (κ2) is 17.2. The van der Waals surface area contributed by atoms with Gasteiger partial charge in [0.05, 0.1) is 0 Å². The molecule has 2 nitrogen and oxygen atoms in total. The summed E-state index contributed by atoms with van der Waals surface area (Å²) in [7, 11) is 0. The summed E-state index contributed by atoms with van der Waals surface area (Å²) in [4.78, 5) is 10.2. The molecule has 2 heteroatoms. The number of allylic oxidation sites excluding steroid dienone is 9. The molecule has 0 spiro atoms. The Morgan fingerprint density at radius 1 is 0.727 bits per heavy atom. The first kappa shape index (κ1) is 20.2. The Balaban J connectivity index is 3.50. The molecule has 0 aromatic rings. The molecule has 0 aliphatic rings. The van der Waals surface area contributed by atoms with E-state index in [1.54, 1.807) is 12.2 Å². The highest BCUT2D eigenvalue weighted by Gasteiger charge is 1.88. The predicted molar refractivity (Wildman–Crippen MR) is 95.9 cm³/mol. The molecule has 0 saturated carbocycles. The number of unbranched alkanes of at least 4 members (excludes halogenated alkanes) is 7. The van der Waals surface area contributed by atoms with Crippen molar-refractivity contribution in [3.05, 3.63) is 60.8 Å². The molecule has 0 amide bonds. The van der Waals surface area contributed by atoms with Gasteiger partial charge in [-0.15, -0.1) is 0 Å². The third-order valence-corrected chi connectivity index (χ3v) is 3.13. The van der Waals surface area contributed by atoms with Gasteiger partial charge in [-0.3, -0.25) is 0 Å². The van der Waals surface area contributed by atoms with Crippen molar-refractivity contribution in [3.8, 4) is 0 Å². The Kier molecular flexibility index (Phi) is 15.8. The van der Waals surface area contributed by atoms with Crippen LogP contribution >= 0.6 is 0 Å². The molecule has 0 rings (SSSR count). The zero-order chi connectivity index (χ0) is 16.3. The molecule has 0 atom stereocenters. The number of carboxylic acid groups (broad SMARTS) is 1. The molecule has 0 aliphatic carbocycles. The van der Waals surface area contributed by atoms with Crippen molar-refractivity contribution in [2.45, 2.75) is 58.3 Å². The van der Waals surface area contributed by atoms with Gasteiger partial charge in [-0.05, 0) is 12.8 Å². The lowest BCUT2D eigenvalue weighted by Crippen LogP contribution is -1.84. The molecule has 0 unspecified atom stereocenters. The number of carbonyl (C=O) groups is 1. The molecule has 0 radical (unpaired) electrons. The summed E-state index contributed by atoms with van der Waals surface area (Å²) in [6.07, 6.45) is 28.8. The molecular formula is C20H30O2. The fourth-order valence-electron chi connectivity index (χ4n) is 1.92. The summed E-state index contributed by atoms with van der Waals surface area (Å²) >= 11 is 0. The molecule has 122 valence electrons. The molecule has 1 N–H and O–H groups in total. The Bertz CT molecular complexity index is 398. The molecule has 0 aromatic heterocycles. The lowest BCUT2D eigenvalue weighted by molar-refractivity contribution is -0.131. The van der Waals surface area contributed by atoms with Crippen LogP contribution in [0.3, 0.4) is 0 Å². The number of hydrogen-bond donors (Lipinski definition) is 1. The van der Waals surface area contributed by atoms with Crippen LogP contribution in [0.4, 0.5) is 0 Å². The minimum absolute atomic E-state index is 0.931. The SMILES string of the molecule is CCCCCCCCC\C=C/C=C\C=C/C=C\C=C/C(=O)O. The van der Waals surface area contributed by atoms with E-state index in [2.05, 4.69) is 19.1 Å². The van der Waals surface area contributed by atoms with E-state index in [9.17, 15) is 4.79 Å². The van der Waals surface area contributed by atoms with Gasteiger partial charge in [0.25, 0.3) is 0 Å².